The maximum atomic E-state index is 13.3. The van der Waals surface area contributed by atoms with E-state index in [1.54, 1.807) is 13.8 Å². The number of benzene rings is 2. The van der Waals surface area contributed by atoms with Crippen molar-refractivity contribution in [3.8, 4) is 0 Å². The Balaban J connectivity index is 1.79. The van der Waals surface area contributed by atoms with Gasteiger partial charge in [0.05, 0.1) is 9.82 Å². The number of hydrogen-bond acceptors (Lipinski definition) is 5. The van der Waals surface area contributed by atoms with E-state index < -0.39 is 14.9 Å². The Kier molecular flexibility index (Phi) is 6.36. The number of nitro groups is 1. The highest BCUT2D eigenvalue weighted by atomic mass is 32.2. The van der Waals surface area contributed by atoms with Crippen molar-refractivity contribution in [3.63, 3.8) is 0 Å². The highest BCUT2D eigenvalue weighted by molar-refractivity contribution is 7.89. The van der Waals surface area contributed by atoms with Gasteiger partial charge in [0, 0.05) is 38.3 Å². The van der Waals surface area contributed by atoms with Crippen molar-refractivity contribution in [1.82, 2.24) is 9.21 Å². The van der Waals surface area contributed by atoms with Crippen LogP contribution in [0, 0.1) is 30.9 Å². The number of sulfonamides is 1. The lowest BCUT2D eigenvalue weighted by atomic mass is 10.1. The maximum Gasteiger partial charge on any atom is 0.271 e. The van der Waals surface area contributed by atoms with Gasteiger partial charge in [-0.05, 0) is 50.4 Å². The van der Waals surface area contributed by atoms with Gasteiger partial charge in [0.1, 0.15) is 0 Å². The predicted octanol–water partition coefficient (Wildman–Crippen LogP) is 3.42. The van der Waals surface area contributed by atoms with Crippen LogP contribution in [0.5, 0.6) is 0 Å². The van der Waals surface area contributed by atoms with Gasteiger partial charge in [-0.3, -0.25) is 15.0 Å². The van der Waals surface area contributed by atoms with Gasteiger partial charge >= 0.3 is 0 Å². The molecule has 0 bridgehead atoms. The average Bonchev–Trinajstić information content (AvgIpc) is 2.91. The fourth-order valence-corrected chi connectivity index (χ4v) is 5.41. The Bertz CT molecular complexity index is 1000. The van der Waals surface area contributed by atoms with Crippen molar-refractivity contribution in [1.29, 1.82) is 0 Å². The molecule has 0 amide bonds. The Labute approximate surface area is 172 Å². The highest BCUT2D eigenvalue weighted by Crippen LogP contribution is 2.28. The molecular weight excluding hydrogens is 390 g/mol. The number of aryl methyl sites for hydroxylation is 2. The molecule has 29 heavy (non-hydrogen) atoms. The molecule has 156 valence electrons. The average molecular weight is 418 g/mol. The summed E-state index contributed by atoms with van der Waals surface area (Å²) >= 11 is 0. The standard InChI is InChI=1S/C21H27N3O4S/c1-16-5-7-19(8-6-16)15-22-9-4-10-23(12-11-22)29(27,28)21-14-20(24(25)26)13-17(2)18(21)3/h5-8,13-14H,4,9-12,15H2,1-3H3. The van der Waals surface area contributed by atoms with Gasteiger partial charge in [0.2, 0.25) is 10.0 Å². The first kappa shape index (κ1) is 21.4. The monoisotopic (exact) mass is 417 g/mol. The van der Waals surface area contributed by atoms with Crippen LogP contribution in [0.4, 0.5) is 5.69 Å². The third-order valence-corrected chi connectivity index (χ3v) is 7.53. The zero-order valence-electron chi connectivity index (χ0n) is 17.1. The van der Waals surface area contributed by atoms with E-state index in [1.165, 1.54) is 27.6 Å². The van der Waals surface area contributed by atoms with Gasteiger partial charge in [-0.1, -0.05) is 29.8 Å². The molecule has 0 atom stereocenters. The molecular formula is C21H27N3O4S. The van der Waals surface area contributed by atoms with Gasteiger partial charge in [-0.25, -0.2) is 8.42 Å². The molecule has 0 spiro atoms. The van der Waals surface area contributed by atoms with E-state index in [9.17, 15) is 18.5 Å². The summed E-state index contributed by atoms with van der Waals surface area (Å²) in [5.41, 5.74) is 3.40. The van der Waals surface area contributed by atoms with Gasteiger partial charge in [-0.15, -0.1) is 0 Å². The van der Waals surface area contributed by atoms with Crippen molar-refractivity contribution in [2.75, 3.05) is 26.2 Å². The number of nitrogens with zero attached hydrogens (tertiary/aromatic N) is 3. The second kappa shape index (κ2) is 8.61. The number of hydrogen-bond donors (Lipinski definition) is 0. The molecule has 1 saturated heterocycles. The van der Waals surface area contributed by atoms with E-state index in [0.29, 0.717) is 30.8 Å². The van der Waals surface area contributed by atoms with Crippen LogP contribution in [-0.4, -0.2) is 48.7 Å². The molecule has 0 unspecified atom stereocenters. The number of non-ortho nitro benzene ring substituents is 1. The topological polar surface area (TPSA) is 83.8 Å². The highest BCUT2D eigenvalue weighted by Gasteiger charge is 2.30. The molecule has 0 saturated carbocycles. The Morgan fingerprint density at radius 3 is 2.34 bits per heavy atom. The van der Waals surface area contributed by atoms with Crippen molar-refractivity contribution in [2.24, 2.45) is 0 Å². The first-order chi connectivity index (χ1) is 13.7. The Morgan fingerprint density at radius 1 is 1.00 bits per heavy atom. The minimum Gasteiger partial charge on any atom is -0.298 e. The van der Waals surface area contributed by atoms with Gasteiger partial charge in [0.25, 0.3) is 5.69 Å². The van der Waals surface area contributed by atoms with Crippen LogP contribution >= 0.6 is 0 Å². The quantitative estimate of drug-likeness (QED) is 0.550. The fourth-order valence-electron chi connectivity index (χ4n) is 3.62. The van der Waals surface area contributed by atoms with Gasteiger partial charge in [0.15, 0.2) is 0 Å². The van der Waals surface area contributed by atoms with E-state index in [0.717, 1.165) is 19.5 Å². The molecule has 3 rings (SSSR count). The summed E-state index contributed by atoms with van der Waals surface area (Å²) in [4.78, 5) is 13.0. The summed E-state index contributed by atoms with van der Waals surface area (Å²) < 4.78 is 28.0. The Morgan fingerprint density at radius 2 is 1.69 bits per heavy atom. The summed E-state index contributed by atoms with van der Waals surface area (Å²) in [6.45, 7) is 8.45. The van der Waals surface area contributed by atoms with Crippen LogP contribution in [0.15, 0.2) is 41.3 Å². The van der Waals surface area contributed by atoms with Crippen LogP contribution in [-0.2, 0) is 16.6 Å². The second-order valence-electron chi connectivity index (χ2n) is 7.66. The molecule has 7 nitrogen and oxygen atoms in total. The van der Waals surface area contributed by atoms with Crippen LogP contribution in [0.3, 0.4) is 0 Å². The largest absolute Gasteiger partial charge is 0.298 e. The zero-order chi connectivity index (χ0) is 21.2. The summed E-state index contributed by atoms with van der Waals surface area (Å²) in [6, 6.07) is 11.0. The Hall–Kier alpha value is -2.29. The van der Waals surface area contributed by atoms with Crippen LogP contribution in [0.1, 0.15) is 28.7 Å². The maximum absolute atomic E-state index is 13.3. The molecule has 1 aliphatic rings. The smallest absolute Gasteiger partial charge is 0.271 e. The first-order valence-electron chi connectivity index (χ1n) is 9.72. The van der Waals surface area contributed by atoms with Crippen molar-refractivity contribution < 1.29 is 13.3 Å². The molecule has 1 heterocycles. The van der Waals surface area contributed by atoms with E-state index in [2.05, 4.69) is 36.1 Å². The molecule has 1 aliphatic heterocycles. The number of nitro benzene ring substituents is 1. The summed E-state index contributed by atoms with van der Waals surface area (Å²) in [5.74, 6) is 0. The molecule has 8 heteroatoms. The minimum atomic E-state index is -3.79. The predicted molar refractivity (Wildman–Crippen MR) is 112 cm³/mol. The molecule has 0 N–H and O–H groups in total. The zero-order valence-corrected chi connectivity index (χ0v) is 17.9. The summed E-state index contributed by atoms with van der Waals surface area (Å²) in [5, 5.41) is 11.2. The van der Waals surface area contributed by atoms with Crippen LogP contribution in [0.25, 0.3) is 0 Å². The van der Waals surface area contributed by atoms with E-state index in [4.69, 9.17) is 0 Å². The second-order valence-corrected chi connectivity index (χ2v) is 9.57. The third kappa shape index (κ3) is 4.83. The molecule has 1 fully saturated rings. The van der Waals surface area contributed by atoms with Crippen molar-refractivity contribution in [3.05, 3.63) is 68.8 Å². The lowest BCUT2D eigenvalue weighted by Crippen LogP contribution is -2.35. The molecule has 0 radical (unpaired) electrons. The molecule has 0 aliphatic carbocycles. The lowest BCUT2D eigenvalue weighted by Gasteiger charge is -2.23. The van der Waals surface area contributed by atoms with E-state index >= 15 is 0 Å². The third-order valence-electron chi connectivity index (χ3n) is 5.51. The summed E-state index contributed by atoms with van der Waals surface area (Å²) in [7, 11) is -3.79. The number of rotatable bonds is 5. The molecule has 2 aromatic rings. The molecule has 2 aromatic carbocycles. The van der Waals surface area contributed by atoms with E-state index in [1.807, 2.05) is 0 Å². The summed E-state index contributed by atoms with van der Waals surface area (Å²) in [6.07, 6.45) is 0.720. The SMILES string of the molecule is Cc1ccc(CN2CCCN(S(=O)(=O)c3cc([N+](=O)[O-])cc(C)c3C)CC2)cc1. The lowest BCUT2D eigenvalue weighted by molar-refractivity contribution is -0.385. The molecule has 0 aromatic heterocycles. The van der Waals surface area contributed by atoms with E-state index in [-0.39, 0.29) is 10.6 Å². The van der Waals surface area contributed by atoms with Gasteiger partial charge < -0.3 is 0 Å². The minimum absolute atomic E-state index is 0.0381. The fraction of sp³-hybridized carbons (Fsp3) is 0.429. The van der Waals surface area contributed by atoms with Crippen LogP contribution < -0.4 is 0 Å². The van der Waals surface area contributed by atoms with Crippen molar-refractivity contribution in [2.45, 2.75) is 38.6 Å². The first-order valence-corrected chi connectivity index (χ1v) is 11.2. The normalized spacial score (nSPS) is 16.5. The van der Waals surface area contributed by atoms with Crippen LogP contribution in [0.2, 0.25) is 0 Å². The van der Waals surface area contributed by atoms with Gasteiger partial charge in [-0.2, -0.15) is 4.31 Å². The van der Waals surface area contributed by atoms with Crippen molar-refractivity contribution >= 4 is 15.7 Å².